The molecule has 0 radical (unpaired) electrons. The second kappa shape index (κ2) is 7.06. The van der Waals surface area contributed by atoms with Crippen molar-refractivity contribution in [2.45, 2.75) is 33.1 Å². The lowest BCUT2D eigenvalue weighted by Crippen LogP contribution is -2.26. The molecule has 0 saturated carbocycles. The van der Waals surface area contributed by atoms with Crippen molar-refractivity contribution < 1.29 is 9.59 Å². The number of carbonyl (C=O) groups excluding carboxylic acids is 2. The van der Waals surface area contributed by atoms with Gasteiger partial charge in [-0.2, -0.15) is 0 Å². The molecule has 0 spiro atoms. The number of Topliss-reactive ketones (excluding diaryl/α,β-unsaturated/α-hetero) is 1. The zero-order valence-corrected chi connectivity index (χ0v) is 15.0. The van der Waals surface area contributed by atoms with Gasteiger partial charge in [0.1, 0.15) is 0 Å². The van der Waals surface area contributed by atoms with Gasteiger partial charge in [0.15, 0.2) is 5.78 Å². The minimum atomic E-state index is -0.0257. The minimum Gasteiger partial charge on any atom is -0.308 e. The second-order valence-electron chi connectivity index (χ2n) is 6.79. The van der Waals surface area contributed by atoms with E-state index in [-0.39, 0.29) is 11.7 Å². The number of benzene rings is 2. The third-order valence-corrected chi connectivity index (χ3v) is 4.67. The van der Waals surface area contributed by atoms with E-state index in [0.717, 1.165) is 23.2 Å². The van der Waals surface area contributed by atoms with Crippen LogP contribution < -0.4 is 4.90 Å². The maximum absolute atomic E-state index is 12.5. The van der Waals surface area contributed by atoms with Crippen LogP contribution in [0.4, 0.5) is 5.69 Å². The zero-order chi connectivity index (χ0) is 18.0. The van der Waals surface area contributed by atoms with Crippen LogP contribution in [0.3, 0.4) is 0 Å². The Kier molecular flexibility index (Phi) is 4.84. The lowest BCUT2D eigenvalue weighted by Gasteiger charge is -2.15. The minimum absolute atomic E-state index is 0.0257. The highest BCUT2D eigenvalue weighted by molar-refractivity contribution is 6.05. The average molecular weight is 333 g/mol. The van der Waals surface area contributed by atoms with Crippen molar-refractivity contribution in [3.05, 3.63) is 70.8 Å². The quantitative estimate of drug-likeness (QED) is 0.605. The van der Waals surface area contributed by atoms with E-state index in [2.05, 4.69) is 26.0 Å². The van der Waals surface area contributed by atoms with Gasteiger partial charge in [0.25, 0.3) is 5.91 Å². The Morgan fingerprint density at radius 2 is 1.80 bits per heavy atom. The van der Waals surface area contributed by atoms with Crippen molar-refractivity contribution in [2.24, 2.45) is 0 Å². The van der Waals surface area contributed by atoms with Gasteiger partial charge in [-0.05, 0) is 60.2 Å². The fourth-order valence-electron chi connectivity index (χ4n) is 3.10. The summed E-state index contributed by atoms with van der Waals surface area (Å²) in [5.74, 6) is 0.528. The van der Waals surface area contributed by atoms with E-state index < -0.39 is 0 Å². The van der Waals surface area contributed by atoms with Gasteiger partial charge in [-0.1, -0.05) is 38.1 Å². The van der Waals surface area contributed by atoms with Crippen molar-refractivity contribution in [2.75, 3.05) is 11.4 Å². The predicted molar refractivity (Wildman–Crippen MR) is 102 cm³/mol. The third kappa shape index (κ3) is 3.71. The smallest absolute Gasteiger partial charge is 0.251 e. The summed E-state index contributed by atoms with van der Waals surface area (Å²) in [7, 11) is 0. The first-order valence-corrected chi connectivity index (χ1v) is 8.69. The molecule has 0 aromatic heterocycles. The van der Waals surface area contributed by atoms with Crippen molar-refractivity contribution in [3.63, 3.8) is 0 Å². The van der Waals surface area contributed by atoms with Gasteiger partial charge in [0.2, 0.25) is 0 Å². The standard InChI is InChI=1S/C22H23NO2/c1-15(2)18-7-4-17(5-8-18)6-11-22(25)23-13-12-20-14-19(16(3)24)9-10-21(20)23/h4-11,14-15H,12-13H2,1-3H3/b11-6+. The molecule has 25 heavy (non-hydrogen) atoms. The molecule has 0 saturated heterocycles. The molecule has 2 aromatic carbocycles. The molecule has 128 valence electrons. The van der Waals surface area contributed by atoms with Gasteiger partial charge in [0.05, 0.1) is 0 Å². The monoisotopic (exact) mass is 333 g/mol. The van der Waals surface area contributed by atoms with Crippen LogP contribution >= 0.6 is 0 Å². The molecule has 0 fully saturated rings. The van der Waals surface area contributed by atoms with E-state index in [1.807, 2.05) is 30.3 Å². The lowest BCUT2D eigenvalue weighted by atomic mass is 10.0. The van der Waals surface area contributed by atoms with Crippen LogP contribution in [0, 0.1) is 0 Å². The van der Waals surface area contributed by atoms with E-state index in [1.54, 1.807) is 24.0 Å². The third-order valence-electron chi connectivity index (χ3n) is 4.67. The number of hydrogen-bond acceptors (Lipinski definition) is 2. The summed E-state index contributed by atoms with van der Waals surface area (Å²) in [5, 5.41) is 0. The van der Waals surface area contributed by atoms with Gasteiger partial charge in [0, 0.05) is 23.9 Å². The summed E-state index contributed by atoms with van der Waals surface area (Å²) in [4.78, 5) is 25.8. The predicted octanol–water partition coefficient (Wildman–Crippen LogP) is 4.62. The fourth-order valence-corrected chi connectivity index (χ4v) is 3.10. The largest absolute Gasteiger partial charge is 0.308 e. The Morgan fingerprint density at radius 3 is 2.44 bits per heavy atom. The van der Waals surface area contributed by atoms with E-state index >= 15 is 0 Å². The summed E-state index contributed by atoms with van der Waals surface area (Å²) in [6.45, 7) is 6.55. The Balaban J connectivity index is 1.74. The molecule has 3 heteroatoms. The van der Waals surface area contributed by atoms with Gasteiger partial charge in [-0.3, -0.25) is 9.59 Å². The molecule has 0 N–H and O–H groups in total. The van der Waals surface area contributed by atoms with E-state index in [4.69, 9.17) is 0 Å². The van der Waals surface area contributed by atoms with Crippen molar-refractivity contribution in [3.8, 4) is 0 Å². The molecule has 0 aliphatic carbocycles. The Hall–Kier alpha value is -2.68. The van der Waals surface area contributed by atoms with Crippen LogP contribution in [0.5, 0.6) is 0 Å². The molecule has 0 atom stereocenters. The molecule has 1 heterocycles. The number of hydrogen-bond donors (Lipinski definition) is 0. The van der Waals surface area contributed by atoms with Crippen LogP contribution in [0.25, 0.3) is 6.08 Å². The summed E-state index contributed by atoms with van der Waals surface area (Å²) in [6, 6.07) is 13.8. The summed E-state index contributed by atoms with van der Waals surface area (Å²) in [6.07, 6.45) is 4.27. The first kappa shape index (κ1) is 17.2. The van der Waals surface area contributed by atoms with E-state index in [1.165, 1.54) is 5.56 Å². The normalized spacial score (nSPS) is 13.5. The van der Waals surface area contributed by atoms with Gasteiger partial charge in [-0.15, -0.1) is 0 Å². The Labute approximate surface area is 149 Å². The van der Waals surface area contributed by atoms with Crippen LogP contribution in [-0.2, 0) is 11.2 Å². The molecular formula is C22H23NO2. The second-order valence-corrected chi connectivity index (χ2v) is 6.79. The Bertz CT molecular complexity index is 832. The molecule has 1 aliphatic rings. The van der Waals surface area contributed by atoms with Crippen molar-refractivity contribution >= 4 is 23.5 Å². The summed E-state index contributed by atoms with van der Waals surface area (Å²) < 4.78 is 0. The molecule has 0 unspecified atom stereocenters. The molecule has 1 aliphatic heterocycles. The number of anilines is 1. The van der Waals surface area contributed by atoms with Gasteiger partial charge >= 0.3 is 0 Å². The van der Waals surface area contributed by atoms with Crippen LogP contribution in [0.1, 0.15) is 53.7 Å². The molecule has 2 aromatic rings. The summed E-state index contributed by atoms with van der Waals surface area (Å²) >= 11 is 0. The number of ketones is 1. The molecule has 0 bridgehead atoms. The van der Waals surface area contributed by atoms with Gasteiger partial charge in [-0.25, -0.2) is 0 Å². The average Bonchev–Trinajstić information content (AvgIpc) is 3.03. The van der Waals surface area contributed by atoms with Crippen molar-refractivity contribution in [1.29, 1.82) is 0 Å². The SMILES string of the molecule is CC(=O)c1ccc2c(c1)CCN2C(=O)/C=C/c1ccc(C(C)C)cc1. The highest BCUT2D eigenvalue weighted by Gasteiger charge is 2.23. The Morgan fingerprint density at radius 1 is 1.08 bits per heavy atom. The maximum atomic E-state index is 12.5. The molecule has 3 rings (SSSR count). The molecular weight excluding hydrogens is 310 g/mol. The number of nitrogens with zero attached hydrogens (tertiary/aromatic N) is 1. The summed E-state index contributed by atoms with van der Waals surface area (Å²) in [5.41, 5.74) is 4.99. The van der Waals surface area contributed by atoms with E-state index in [0.29, 0.717) is 18.0 Å². The topological polar surface area (TPSA) is 37.4 Å². The van der Waals surface area contributed by atoms with E-state index in [9.17, 15) is 9.59 Å². The zero-order valence-electron chi connectivity index (χ0n) is 15.0. The first-order valence-electron chi connectivity index (χ1n) is 8.69. The maximum Gasteiger partial charge on any atom is 0.251 e. The van der Waals surface area contributed by atoms with Crippen molar-refractivity contribution in [1.82, 2.24) is 0 Å². The highest BCUT2D eigenvalue weighted by atomic mass is 16.2. The number of fused-ring (bicyclic) bond motifs is 1. The highest BCUT2D eigenvalue weighted by Crippen LogP contribution is 2.29. The van der Waals surface area contributed by atoms with Crippen LogP contribution in [0.2, 0.25) is 0 Å². The molecule has 3 nitrogen and oxygen atoms in total. The van der Waals surface area contributed by atoms with Gasteiger partial charge < -0.3 is 4.90 Å². The van der Waals surface area contributed by atoms with Crippen LogP contribution in [-0.4, -0.2) is 18.2 Å². The number of carbonyl (C=O) groups is 2. The molecule has 1 amide bonds. The number of amides is 1. The lowest BCUT2D eigenvalue weighted by molar-refractivity contribution is -0.114. The number of rotatable bonds is 4. The fraction of sp³-hybridized carbons (Fsp3) is 0.273. The first-order chi connectivity index (χ1) is 12.0. The van der Waals surface area contributed by atoms with Crippen LogP contribution in [0.15, 0.2) is 48.5 Å².